The second kappa shape index (κ2) is 6.86. The van der Waals surface area contributed by atoms with Crippen molar-refractivity contribution in [2.24, 2.45) is 0 Å². The standard InChI is InChI=1S/C10H11BF3O.K/c1-3-8(2)15-10-6-4-5-9(7-10)11(12,13)14;/h3-8H,1H2,2H3;/q-1;+1. The Balaban J connectivity index is 0.00000225. The number of halogens is 3. The van der Waals surface area contributed by atoms with Crippen molar-refractivity contribution in [1.82, 2.24) is 0 Å². The van der Waals surface area contributed by atoms with Crippen LogP contribution in [0.15, 0.2) is 36.9 Å². The molecule has 0 heterocycles. The molecule has 0 saturated carbocycles. The van der Waals surface area contributed by atoms with E-state index in [1.807, 2.05) is 0 Å². The quantitative estimate of drug-likeness (QED) is 0.529. The SMILES string of the molecule is C=CC(C)Oc1cccc([B-](F)(F)F)c1.[K+]. The summed E-state index contributed by atoms with van der Waals surface area (Å²) in [6.45, 7) is 0.227. The molecule has 1 aromatic carbocycles. The third-order valence-corrected chi connectivity index (χ3v) is 1.89. The average Bonchev–Trinajstić information content (AvgIpc) is 2.17. The maximum atomic E-state index is 12.4. The molecule has 1 atom stereocenters. The van der Waals surface area contributed by atoms with Gasteiger partial charge in [-0.15, -0.1) is 5.46 Å². The van der Waals surface area contributed by atoms with Gasteiger partial charge in [0.1, 0.15) is 11.9 Å². The van der Waals surface area contributed by atoms with Crippen molar-refractivity contribution in [3.05, 3.63) is 36.9 Å². The molecule has 0 N–H and O–H groups in total. The molecule has 0 aromatic heterocycles. The fourth-order valence-corrected chi connectivity index (χ4v) is 1.05. The molecule has 0 aliphatic heterocycles. The Morgan fingerprint density at radius 2 is 2.00 bits per heavy atom. The van der Waals surface area contributed by atoms with Gasteiger partial charge in [0.2, 0.25) is 0 Å². The van der Waals surface area contributed by atoms with Crippen molar-refractivity contribution < 1.29 is 69.1 Å². The molecule has 16 heavy (non-hydrogen) atoms. The van der Waals surface area contributed by atoms with Crippen LogP contribution >= 0.6 is 0 Å². The van der Waals surface area contributed by atoms with Gasteiger partial charge in [0.15, 0.2) is 0 Å². The van der Waals surface area contributed by atoms with Gasteiger partial charge in [0.25, 0.3) is 0 Å². The first-order chi connectivity index (χ1) is 6.93. The fraction of sp³-hybridized carbons (Fsp3) is 0.200. The molecule has 1 unspecified atom stereocenters. The Hall–Kier alpha value is 0.251. The Labute approximate surface area is 136 Å². The summed E-state index contributed by atoms with van der Waals surface area (Å²) in [6, 6.07) is 4.85. The summed E-state index contributed by atoms with van der Waals surface area (Å²) in [7, 11) is 0. The van der Waals surface area contributed by atoms with Gasteiger partial charge in [-0.3, -0.25) is 0 Å². The minimum absolute atomic E-state index is 0. The predicted molar refractivity (Wildman–Crippen MR) is 55.4 cm³/mol. The normalized spacial score (nSPS) is 12.5. The average molecular weight is 254 g/mol. The van der Waals surface area contributed by atoms with Crippen molar-refractivity contribution >= 4 is 12.4 Å². The molecule has 1 aromatic rings. The van der Waals surface area contributed by atoms with Gasteiger partial charge >= 0.3 is 58.4 Å². The molecule has 0 aliphatic rings. The Morgan fingerprint density at radius 3 is 2.50 bits per heavy atom. The summed E-state index contributed by atoms with van der Waals surface area (Å²) in [5, 5.41) is 0. The van der Waals surface area contributed by atoms with E-state index in [2.05, 4.69) is 6.58 Å². The van der Waals surface area contributed by atoms with Gasteiger partial charge in [0, 0.05) is 0 Å². The van der Waals surface area contributed by atoms with E-state index in [1.54, 1.807) is 6.92 Å². The van der Waals surface area contributed by atoms with Gasteiger partial charge in [0.05, 0.1) is 0 Å². The van der Waals surface area contributed by atoms with Crippen molar-refractivity contribution in [2.45, 2.75) is 13.0 Å². The maximum Gasteiger partial charge on any atom is 1.00 e. The van der Waals surface area contributed by atoms with Crippen molar-refractivity contribution in [3.63, 3.8) is 0 Å². The van der Waals surface area contributed by atoms with E-state index in [0.29, 0.717) is 0 Å². The third-order valence-electron chi connectivity index (χ3n) is 1.89. The van der Waals surface area contributed by atoms with Gasteiger partial charge in [-0.1, -0.05) is 24.8 Å². The minimum atomic E-state index is -4.96. The van der Waals surface area contributed by atoms with E-state index in [1.165, 1.54) is 18.2 Å². The predicted octanol–water partition coefficient (Wildman–Crippen LogP) is -0.302. The summed E-state index contributed by atoms with van der Waals surface area (Å²) in [5.41, 5.74) is -0.649. The van der Waals surface area contributed by atoms with Crippen LogP contribution < -0.4 is 61.6 Å². The smallest absolute Gasteiger partial charge is 0.487 e. The number of benzene rings is 1. The Bertz CT molecular complexity index is 354. The molecule has 82 valence electrons. The third kappa shape index (κ3) is 5.05. The Morgan fingerprint density at radius 1 is 1.38 bits per heavy atom. The van der Waals surface area contributed by atoms with E-state index in [0.717, 1.165) is 12.1 Å². The van der Waals surface area contributed by atoms with Gasteiger partial charge in [-0.2, -0.15) is 0 Å². The van der Waals surface area contributed by atoms with Crippen LogP contribution in [0.4, 0.5) is 12.9 Å². The van der Waals surface area contributed by atoms with Gasteiger partial charge in [-0.25, -0.2) is 0 Å². The van der Waals surface area contributed by atoms with Crippen LogP contribution in [-0.4, -0.2) is 13.1 Å². The summed E-state index contributed by atoms with van der Waals surface area (Å²) < 4.78 is 42.3. The number of ether oxygens (including phenoxy) is 1. The molecular weight excluding hydrogens is 243 g/mol. The number of rotatable bonds is 4. The van der Waals surface area contributed by atoms with E-state index >= 15 is 0 Å². The van der Waals surface area contributed by atoms with E-state index in [4.69, 9.17) is 4.74 Å². The summed E-state index contributed by atoms with van der Waals surface area (Å²) in [5.74, 6) is 0.208. The zero-order valence-electron chi connectivity index (χ0n) is 9.29. The van der Waals surface area contributed by atoms with Crippen molar-refractivity contribution in [2.75, 3.05) is 0 Å². The van der Waals surface area contributed by atoms with Crippen LogP contribution in [-0.2, 0) is 0 Å². The monoisotopic (exact) mass is 254 g/mol. The van der Waals surface area contributed by atoms with Crippen LogP contribution in [0, 0.1) is 0 Å². The van der Waals surface area contributed by atoms with Crippen LogP contribution in [0.2, 0.25) is 0 Å². The second-order valence-corrected chi connectivity index (χ2v) is 3.21. The first-order valence-corrected chi connectivity index (χ1v) is 4.52. The molecule has 0 spiro atoms. The molecule has 0 aliphatic carbocycles. The van der Waals surface area contributed by atoms with Crippen LogP contribution in [0.5, 0.6) is 5.75 Å². The zero-order chi connectivity index (χ0) is 11.5. The van der Waals surface area contributed by atoms with Crippen molar-refractivity contribution in [3.8, 4) is 5.75 Å². The zero-order valence-corrected chi connectivity index (χ0v) is 12.4. The summed E-state index contributed by atoms with van der Waals surface area (Å²) in [4.78, 5) is 0. The summed E-state index contributed by atoms with van der Waals surface area (Å²) >= 11 is 0. The molecule has 0 fully saturated rings. The van der Waals surface area contributed by atoms with E-state index < -0.39 is 12.4 Å². The molecule has 0 saturated heterocycles. The topological polar surface area (TPSA) is 9.23 Å². The number of hydrogen-bond donors (Lipinski definition) is 0. The van der Waals surface area contributed by atoms with Crippen LogP contribution in [0.3, 0.4) is 0 Å². The van der Waals surface area contributed by atoms with Gasteiger partial charge in [-0.05, 0) is 19.1 Å². The van der Waals surface area contributed by atoms with Crippen molar-refractivity contribution in [1.29, 1.82) is 0 Å². The molecular formula is C10H11BF3KO. The van der Waals surface area contributed by atoms with Crippen LogP contribution in [0.25, 0.3) is 0 Å². The largest absolute Gasteiger partial charge is 1.00 e. The minimum Gasteiger partial charge on any atom is -0.487 e. The molecule has 6 heteroatoms. The Kier molecular flexibility index (Phi) is 6.97. The molecule has 1 nitrogen and oxygen atoms in total. The second-order valence-electron chi connectivity index (χ2n) is 3.21. The first-order valence-electron chi connectivity index (χ1n) is 4.52. The van der Waals surface area contributed by atoms with Gasteiger partial charge < -0.3 is 17.7 Å². The van der Waals surface area contributed by atoms with E-state index in [9.17, 15) is 12.9 Å². The fourth-order valence-electron chi connectivity index (χ4n) is 1.05. The number of hydrogen-bond acceptors (Lipinski definition) is 1. The maximum absolute atomic E-state index is 12.4. The first kappa shape index (κ1) is 16.3. The molecule has 0 bridgehead atoms. The van der Waals surface area contributed by atoms with E-state index in [-0.39, 0.29) is 63.2 Å². The molecule has 0 amide bonds. The van der Waals surface area contributed by atoms with Crippen LogP contribution in [0.1, 0.15) is 6.92 Å². The summed E-state index contributed by atoms with van der Waals surface area (Å²) in [6.07, 6.45) is 1.21. The molecule has 1 rings (SSSR count). The molecule has 0 radical (unpaired) electrons.